The summed E-state index contributed by atoms with van der Waals surface area (Å²) in [4.78, 5) is 10.1. The molecule has 0 fully saturated rings. The lowest BCUT2D eigenvalue weighted by Crippen LogP contribution is -2.39. The number of guanidine groups is 1. The summed E-state index contributed by atoms with van der Waals surface area (Å²) in [5.41, 5.74) is 3.55. The average molecular weight is 488 g/mol. The third-order valence-electron chi connectivity index (χ3n) is 4.05. The van der Waals surface area contributed by atoms with Gasteiger partial charge in [0.05, 0.1) is 17.8 Å². The van der Waals surface area contributed by atoms with Crippen LogP contribution in [0.5, 0.6) is 5.75 Å². The van der Waals surface area contributed by atoms with E-state index in [1.165, 1.54) is 10.4 Å². The van der Waals surface area contributed by atoms with Crippen LogP contribution in [0.25, 0.3) is 0 Å². The highest BCUT2D eigenvalue weighted by atomic mass is 127. The molecule has 7 heteroatoms. The van der Waals surface area contributed by atoms with Crippen LogP contribution in [0.3, 0.4) is 0 Å². The molecular formula is C19H29IN4OS. The second-order valence-corrected chi connectivity index (χ2v) is 7.26. The molecule has 0 aliphatic heterocycles. The number of halogens is 1. The first-order valence-corrected chi connectivity index (χ1v) is 9.36. The van der Waals surface area contributed by atoms with Gasteiger partial charge in [0, 0.05) is 31.4 Å². The van der Waals surface area contributed by atoms with Crippen LogP contribution in [0.2, 0.25) is 0 Å². The van der Waals surface area contributed by atoms with Crippen molar-refractivity contribution in [3.63, 3.8) is 0 Å². The van der Waals surface area contributed by atoms with E-state index in [0.29, 0.717) is 0 Å². The third-order valence-corrected chi connectivity index (χ3v) is 5.18. The molecule has 0 unspecified atom stereocenters. The number of aliphatic imine (C=N–C) groups is 1. The first kappa shape index (κ1) is 22.7. The Labute approximate surface area is 177 Å². The summed E-state index contributed by atoms with van der Waals surface area (Å²) >= 11 is 1.77. The molecular weight excluding hydrogens is 459 g/mol. The molecule has 2 rings (SSSR count). The van der Waals surface area contributed by atoms with Gasteiger partial charge in [-0.25, -0.2) is 4.98 Å². The van der Waals surface area contributed by atoms with Gasteiger partial charge in [0.2, 0.25) is 0 Å². The van der Waals surface area contributed by atoms with E-state index < -0.39 is 0 Å². The number of aromatic nitrogens is 1. The fourth-order valence-corrected chi connectivity index (χ4v) is 3.60. The summed E-state index contributed by atoms with van der Waals surface area (Å²) < 4.78 is 5.38. The molecule has 144 valence electrons. The van der Waals surface area contributed by atoms with Crippen molar-refractivity contribution >= 4 is 41.3 Å². The van der Waals surface area contributed by atoms with E-state index in [4.69, 9.17) is 4.74 Å². The molecule has 0 amide bonds. The highest BCUT2D eigenvalue weighted by Gasteiger charge is 2.05. The van der Waals surface area contributed by atoms with Crippen LogP contribution in [0, 0.1) is 20.8 Å². The minimum Gasteiger partial charge on any atom is -0.496 e. The van der Waals surface area contributed by atoms with Gasteiger partial charge in [0.15, 0.2) is 5.96 Å². The summed E-state index contributed by atoms with van der Waals surface area (Å²) in [6.07, 6.45) is 1.89. The Morgan fingerprint density at radius 3 is 2.42 bits per heavy atom. The molecule has 0 aliphatic carbocycles. The molecule has 0 spiro atoms. The standard InChI is InChI=1S/C19H28N4OS.HI/c1-13-6-7-16(12-17(13)24-5)8-10-21-19(20-4)22-11-9-18-14(2)23-15(3)25-18;/h6-7,12H,8-11H2,1-5H3,(H2,20,21,22);1H. The second kappa shape index (κ2) is 11.4. The van der Waals surface area contributed by atoms with Crippen LogP contribution in [-0.4, -0.2) is 38.2 Å². The number of hydrogen-bond donors (Lipinski definition) is 2. The number of benzene rings is 1. The molecule has 0 saturated carbocycles. The lowest BCUT2D eigenvalue weighted by atomic mass is 10.1. The molecule has 1 aromatic carbocycles. The lowest BCUT2D eigenvalue weighted by molar-refractivity contribution is 0.411. The molecule has 2 aromatic rings. The van der Waals surface area contributed by atoms with E-state index in [1.54, 1.807) is 25.5 Å². The van der Waals surface area contributed by atoms with Crippen LogP contribution in [0.1, 0.15) is 26.7 Å². The molecule has 0 radical (unpaired) electrons. The fraction of sp³-hybridized carbons (Fsp3) is 0.474. The minimum absolute atomic E-state index is 0. The maximum atomic E-state index is 5.38. The number of nitrogens with one attached hydrogen (secondary N) is 2. The van der Waals surface area contributed by atoms with Crippen LogP contribution < -0.4 is 15.4 Å². The second-order valence-electron chi connectivity index (χ2n) is 5.97. The zero-order valence-electron chi connectivity index (χ0n) is 16.2. The highest BCUT2D eigenvalue weighted by molar-refractivity contribution is 14.0. The molecule has 5 nitrogen and oxygen atoms in total. The summed E-state index contributed by atoms with van der Waals surface area (Å²) in [5, 5.41) is 7.86. The summed E-state index contributed by atoms with van der Waals surface area (Å²) in [6, 6.07) is 6.34. The highest BCUT2D eigenvalue weighted by Crippen LogP contribution is 2.19. The van der Waals surface area contributed by atoms with Gasteiger partial charge in [0.1, 0.15) is 5.75 Å². The first-order chi connectivity index (χ1) is 12.0. The normalized spacial score (nSPS) is 11.0. The SMILES string of the molecule is CN=C(NCCc1ccc(C)c(OC)c1)NCCc1sc(C)nc1C.I. The Hall–Kier alpha value is -1.35. The number of ether oxygens (including phenoxy) is 1. The monoisotopic (exact) mass is 488 g/mol. The van der Waals surface area contributed by atoms with Gasteiger partial charge in [-0.3, -0.25) is 4.99 Å². The molecule has 1 aromatic heterocycles. The Morgan fingerprint density at radius 1 is 1.15 bits per heavy atom. The smallest absolute Gasteiger partial charge is 0.190 e. The van der Waals surface area contributed by atoms with Crippen molar-refractivity contribution in [1.29, 1.82) is 0 Å². The number of hydrogen-bond acceptors (Lipinski definition) is 4. The van der Waals surface area contributed by atoms with Crippen LogP contribution >= 0.6 is 35.3 Å². The van der Waals surface area contributed by atoms with Gasteiger partial charge in [0.25, 0.3) is 0 Å². The number of nitrogens with zero attached hydrogens (tertiary/aromatic N) is 2. The van der Waals surface area contributed by atoms with Crippen molar-refractivity contribution in [2.45, 2.75) is 33.6 Å². The van der Waals surface area contributed by atoms with Crippen molar-refractivity contribution in [2.24, 2.45) is 4.99 Å². The Morgan fingerprint density at radius 2 is 1.85 bits per heavy atom. The zero-order chi connectivity index (χ0) is 18.2. The van der Waals surface area contributed by atoms with Gasteiger partial charge in [-0.2, -0.15) is 0 Å². The van der Waals surface area contributed by atoms with E-state index >= 15 is 0 Å². The fourth-order valence-electron chi connectivity index (χ4n) is 2.67. The summed E-state index contributed by atoms with van der Waals surface area (Å²) in [7, 11) is 3.51. The predicted octanol–water partition coefficient (Wildman–Crippen LogP) is 3.65. The number of methoxy groups -OCH3 is 1. The van der Waals surface area contributed by atoms with E-state index in [-0.39, 0.29) is 24.0 Å². The third kappa shape index (κ3) is 6.75. The Kier molecular flexibility index (Phi) is 9.93. The first-order valence-electron chi connectivity index (χ1n) is 8.54. The van der Waals surface area contributed by atoms with E-state index in [0.717, 1.165) is 53.9 Å². The van der Waals surface area contributed by atoms with Gasteiger partial charge in [-0.1, -0.05) is 12.1 Å². The van der Waals surface area contributed by atoms with Gasteiger partial charge in [-0.05, 0) is 44.4 Å². The Balaban J connectivity index is 0.00000338. The van der Waals surface area contributed by atoms with Gasteiger partial charge >= 0.3 is 0 Å². The van der Waals surface area contributed by atoms with Crippen molar-refractivity contribution in [3.8, 4) is 5.75 Å². The minimum atomic E-state index is 0. The van der Waals surface area contributed by atoms with Crippen LogP contribution in [-0.2, 0) is 12.8 Å². The number of aryl methyl sites for hydroxylation is 3. The van der Waals surface area contributed by atoms with Crippen molar-refractivity contribution in [3.05, 3.63) is 44.9 Å². The molecule has 1 heterocycles. The molecule has 0 atom stereocenters. The van der Waals surface area contributed by atoms with Crippen molar-refractivity contribution in [2.75, 3.05) is 27.2 Å². The summed E-state index contributed by atoms with van der Waals surface area (Å²) in [6.45, 7) is 7.85. The predicted molar refractivity (Wildman–Crippen MR) is 122 cm³/mol. The maximum absolute atomic E-state index is 5.38. The van der Waals surface area contributed by atoms with Crippen molar-refractivity contribution < 1.29 is 4.74 Å². The van der Waals surface area contributed by atoms with Crippen molar-refractivity contribution in [1.82, 2.24) is 15.6 Å². The molecule has 0 aliphatic rings. The topological polar surface area (TPSA) is 58.5 Å². The lowest BCUT2D eigenvalue weighted by Gasteiger charge is -2.12. The quantitative estimate of drug-likeness (QED) is 0.355. The molecule has 0 bridgehead atoms. The number of rotatable bonds is 7. The van der Waals surface area contributed by atoms with E-state index in [1.807, 2.05) is 0 Å². The van der Waals surface area contributed by atoms with Crippen LogP contribution in [0.4, 0.5) is 0 Å². The zero-order valence-corrected chi connectivity index (χ0v) is 19.3. The number of thiazole rings is 1. The Bertz CT molecular complexity index is 730. The van der Waals surface area contributed by atoms with E-state index in [2.05, 4.69) is 59.6 Å². The molecule has 2 N–H and O–H groups in total. The largest absolute Gasteiger partial charge is 0.496 e. The van der Waals surface area contributed by atoms with Crippen LogP contribution in [0.15, 0.2) is 23.2 Å². The maximum Gasteiger partial charge on any atom is 0.190 e. The average Bonchev–Trinajstić information content (AvgIpc) is 2.92. The molecule has 0 saturated heterocycles. The van der Waals surface area contributed by atoms with E-state index in [9.17, 15) is 0 Å². The van der Waals surface area contributed by atoms with Gasteiger partial charge < -0.3 is 15.4 Å². The summed E-state index contributed by atoms with van der Waals surface area (Å²) in [5.74, 6) is 1.77. The molecule has 26 heavy (non-hydrogen) atoms. The van der Waals surface area contributed by atoms with Gasteiger partial charge in [-0.15, -0.1) is 35.3 Å².